The zero-order chi connectivity index (χ0) is 30.8. The van der Waals surface area contributed by atoms with Gasteiger partial charge >= 0.3 is 6.09 Å². The topological polar surface area (TPSA) is 172 Å². The monoisotopic (exact) mass is 585 g/mol. The Morgan fingerprint density at radius 3 is 1.93 bits per heavy atom. The molecule has 0 radical (unpaired) electrons. The minimum absolute atomic E-state index is 0.0199. The lowest BCUT2D eigenvalue weighted by molar-refractivity contribution is -0.141. The molecule has 42 heavy (non-hydrogen) atoms. The molecule has 1 aliphatic carbocycles. The van der Waals surface area contributed by atoms with Crippen LogP contribution in [0.25, 0.3) is 0 Å². The van der Waals surface area contributed by atoms with E-state index in [4.69, 9.17) is 4.74 Å². The van der Waals surface area contributed by atoms with E-state index in [1.807, 2.05) is 27.7 Å². The van der Waals surface area contributed by atoms with Gasteiger partial charge in [0.25, 0.3) is 5.91 Å². The molecule has 3 rings (SSSR count). The summed E-state index contributed by atoms with van der Waals surface area (Å²) in [4.78, 5) is 77.4. The number of carbonyl (C=O) groups excluding carboxylic acids is 6. The second-order valence-electron chi connectivity index (χ2n) is 11.9. The second-order valence-corrected chi connectivity index (χ2v) is 11.9. The maximum Gasteiger partial charge on any atom is 0.413 e. The summed E-state index contributed by atoms with van der Waals surface area (Å²) >= 11 is 0. The number of hydrogen-bond donors (Lipinski definition) is 5. The van der Waals surface area contributed by atoms with E-state index in [1.165, 1.54) is 0 Å². The van der Waals surface area contributed by atoms with Crippen molar-refractivity contribution in [3.63, 3.8) is 0 Å². The van der Waals surface area contributed by atoms with Gasteiger partial charge in [0, 0.05) is 18.5 Å². The van der Waals surface area contributed by atoms with Gasteiger partial charge in [-0.2, -0.15) is 0 Å². The van der Waals surface area contributed by atoms with E-state index in [0.717, 1.165) is 12.8 Å². The van der Waals surface area contributed by atoms with Crippen LogP contribution in [0.15, 0.2) is 30.3 Å². The van der Waals surface area contributed by atoms with Crippen LogP contribution in [0.3, 0.4) is 0 Å². The van der Waals surface area contributed by atoms with Gasteiger partial charge in [0.15, 0.2) is 0 Å². The van der Waals surface area contributed by atoms with Crippen LogP contribution < -0.4 is 31.3 Å². The van der Waals surface area contributed by atoms with E-state index >= 15 is 0 Å². The SMILES string of the molecule is CC(C)C[C@H](NC(=O)Oc1ccccc1)C(=O)N[C@@H](CC(C)C)C(=O)N[C@@H](C[C@@H]1CCNC1=O)C(=O)C(=O)NC1CC1. The van der Waals surface area contributed by atoms with Crippen molar-refractivity contribution in [1.82, 2.24) is 26.6 Å². The fourth-order valence-corrected chi connectivity index (χ4v) is 4.75. The molecule has 1 saturated carbocycles. The lowest BCUT2D eigenvalue weighted by Crippen LogP contribution is -2.57. The van der Waals surface area contributed by atoms with Crippen molar-refractivity contribution < 1.29 is 33.5 Å². The van der Waals surface area contributed by atoms with Crippen molar-refractivity contribution in [1.29, 1.82) is 0 Å². The molecule has 1 saturated heterocycles. The van der Waals surface area contributed by atoms with E-state index < -0.39 is 53.6 Å². The van der Waals surface area contributed by atoms with E-state index in [9.17, 15) is 28.8 Å². The molecule has 5 N–H and O–H groups in total. The Bertz CT molecular complexity index is 1140. The Balaban J connectivity index is 1.72. The lowest BCUT2D eigenvalue weighted by Gasteiger charge is -2.27. The molecular formula is C30H43N5O7. The number of benzene rings is 1. The standard InChI is InChI=1S/C30H43N5O7/c1-17(2)14-23(34-28(39)24(15-18(3)4)35-30(41)42-21-8-6-5-7-9-21)27(38)33-22(16-19-12-13-31-26(19)37)25(36)29(40)32-20-10-11-20/h5-9,17-20,22-24H,10-16H2,1-4H3,(H,31,37)(H,32,40)(H,33,38)(H,34,39)(H,35,41)/t19-,22-,23-,24-/m0/s1. The van der Waals surface area contributed by atoms with Crippen molar-refractivity contribution in [3.05, 3.63) is 30.3 Å². The summed E-state index contributed by atoms with van der Waals surface area (Å²) in [5, 5.41) is 13.3. The minimum Gasteiger partial charge on any atom is -0.410 e. The number of carbonyl (C=O) groups is 6. The summed E-state index contributed by atoms with van der Waals surface area (Å²) in [6, 6.07) is 5.08. The molecule has 5 amide bonds. The average molecular weight is 586 g/mol. The highest BCUT2D eigenvalue weighted by molar-refractivity contribution is 6.38. The molecule has 0 aromatic heterocycles. The number of nitrogens with one attached hydrogen (secondary N) is 5. The third-order valence-electron chi connectivity index (χ3n) is 7.06. The number of ether oxygens (including phenoxy) is 1. The molecule has 1 aromatic carbocycles. The van der Waals surface area contributed by atoms with E-state index in [-0.39, 0.29) is 43.0 Å². The quantitative estimate of drug-likeness (QED) is 0.194. The van der Waals surface area contributed by atoms with Gasteiger partial charge in [0.1, 0.15) is 17.8 Å². The van der Waals surface area contributed by atoms with Crippen molar-refractivity contribution in [2.24, 2.45) is 17.8 Å². The summed E-state index contributed by atoms with van der Waals surface area (Å²) in [5.41, 5.74) is 0. The Morgan fingerprint density at radius 2 is 1.40 bits per heavy atom. The van der Waals surface area contributed by atoms with Gasteiger partial charge in [-0.05, 0) is 62.5 Å². The van der Waals surface area contributed by atoms with Gasteiger partial charge in [0.05, 0.1) is 6.04 Å². The molecule has 2 fully saturated rings. The molecule has 230 valence electrons. The molecule has 2 aliphatic rings. The van der Waals surface area contributed by atoms with Gasteiger partial charge in [-0.1, -0.05) is 45.9 Å². The molecule has 0 bridgehead atoms. The highest BCUT2D eigenvalue weighted by Gasteiger charge is 2.37. The Morgan fingerprint density at radius 1 is 0.833 bits per heavy atom. The predicted octanol–water partition coefficient (Wildman–Crippen LogP) is 1.58. The Hall–Kier alpha value is -3.96. The number of para-hydroxylation sites is 1. The van der Waals surface area contributed by atoms with Gasteiger partial charge in [-0.15, -0.1) is 0 Å². The van der Waals surface area contributed by atoms with Gasteiger partial charge in [0.2, 0.25) is 23.5 Å². The normalized spacial score (nSPS) is 18.4. The van der Waals surface area contributed by atoms with Gasteiger partial charge < -0.3 is 31.3 Å². The Labute approximate surface area is 246 Å². The smallest absolute Gasteiger partial charge is 0.410 e. The second kappa shape index (κ2) is 15.3. The summed E-state index contributed by atoms with van der Waals surface area (Å²) in [5.74, 6) is -3.30. The molecule has 0 spiro atoms. The van der Waals surface area contributed by atoms with E-state index in [1.54, 1.807) is 30.3 Å². The van der Waals surface area contributed by atoms with Crippen LogP contribution in [0, 0.1) is 17.8 Å². The fraction of sp³-hybridized carbons (Fsp3) is 0.600. The largest absolute Gasteiger partial charge is 0.413 e. The minimum atomic E-state index is -1.23. The molecule has 1 heterocycles. The maximum absolute atomic E-state index is 13.5. The molecular weight excluding hydrogens is 542 g/mol. The first kappa shape index (κ1) is 32.6. The zero-order valence-corrected chi connectivity index (χ0v) is 24.7. The maximum atomic E-state index is 13.5. The molecule has 4 atom stereocenters. The molecule has 1 aromatic rings. The summed E-state index contributed by atoms with van der Waals surface area (Å²) in [6.45, 7) is 8.00. The van der Waals surface area contributed by atoms with Gasteiger partial charge in [-0.25, -0.2) is 4.79 Å². The third-order valence-corrected chi connectivity index (χ3v) is 7.06. The summed E-state index contributed by atoms with van der Waals surface area (Å²) in [6.07, 6.45) is 1.73. The average Bonchev–Trinajstić information content (AvgIpc) is 3.65. The number of Topliss-reactive ketones (excluding diaryl/α,β-unsaturated/α-hetero) is 1. The number of hydrogen-bond acceptors (Lipinski definition) is 7. The van der Waals surface area contributed by atoms with Crippen molar-refractivity contribution in [2.75, 3.05) is 6.54 Å². The summed E-state index contributed by atoms with van der Waals surface area (Å²) < 4.78 is 5.28. The molecule has 1 aliphatic heterocycles. The van der Waals surface area contributed by atoms with Crippen LogP contribution in [-0.2, 0) is 24.0 Å². The zero-order valence-electron chi connectivity index (χ0n) is 24.7. The van der Waals surface area contributed by atoms with E-state index in [2.05, 4.69) is 26.6 Å². The highest BCUT2D eigenvalue weighted by atomic mass is 16.6. The number of amides is 5. The lowest BCUT2D eigenvalue weighted by atomic mass is 9.94. The predicted molar refractivity (Wildman–Crippen MR) is 154 cm³/mol. The van der Waals surface area contributed by atoms with Crippen molar-refractivity contribution >= 4 is 35.5 Å². The third kappa shape index (κ3) is 10.5. The van der Waals surface area contributed by atoms with Crippen LogP contribution in [0.4, 0.5) is 4.79 Å². The van der Waals surface area contributed by atoms with E-state index in [0.29, 0.717) is 18.7 Å². The molecule has 12 heteroatoms. The highest BCUT2D eigenvalue weighted by Crippen LogP contribution is 2.20. The van der Waals surface area contributed by atoms with Crippen LogP contribution in [0.5, 0.6) is 5.75 Å². The van der Waals surface area contributed by atoms with Crippen LogP contribution >= 0.6 is 0 Å². The van der Waals surface area contributed by atoms with Gasteiger partial charge in [-0.3, -0.25) is 24.0 Å². The number of ketones is 1. The van der Waals surface area contributed by atoms with Crippen LogP contribution in [0.2, 0.25) is 0 Å². The van der Waals surface area contributed by atoms with Crippen LogP contribution in [0.1, 0.15) is 66.2 Å². The summed E-state index contributed by atoms with van der Waals surface area (Å²) in [7, 11) is 0. The molecule has 0 unspecified atom stereocenters. The Kier molecular flexibility index (Phi) is 11.9. The van der Waals surface area contributed by atoms with Crippen LogP contribution in [-0.4, -0.2) is 66.2 Å². The molecule has 12 nitrogen and oxygen atoms in total. The van der Waals surface area contributed by atoms with Crippen molar-refractivity contribution in [2.45, 2.75) is 90.4 Å². The van der Waals surface area contributed by atoms with Crippen molar-refractivity contribution in [3.8, 4) is 5.75 Å². The first-order valence-corrected chi connectivity index (χ1v) is 14.7. The number of rotatable bonds is 15. The fourth-order valence-electron chi connectivity index (χ4n) is 4.75. The first-order chi connectivity index (χ1) is 19.9. The first-order valence-electron chi connectivity index (χ1n) is 14.7.